The van der Waals surface area contributed by atoms with E-state index < -0.39 is 23.2 Å². The average molecular weight is 228 g/mol. The van der Waals surface area contributed by atoms with Crippen molar-refractivity contribution in [2.75, 3.05) is 6.54 Å². The van der Waals surface area contributed by atoms with Gasteiger partial charge >= 0.3 is 5.97 Å². The van der Waals surface area contributed by atoms with Crippen molar-refractivity contribution in [2.45, 2.75) is 4.87 Å². The Morgan fingerprint density at radius 1 is 1.33 bits per heavy atom. The van der Waals surface area contributed by atoms with Crippen LogP contribution < -0.4 is 5.73 Å². The third-order valence-electron chi connectivity index (χ3n) is 2.02. The van der Waals surface area contributed by atoms with Crippen LogP contribution in [-0.4, -0.2) is 28.3 Å². The summed E-state index contributed by atoms with van der Waals surface area (Å²) in [7, 11) is 0. The summed E-state index contributed by atoms with van der Waals surface area (Å²) in [6.07, 6.45) is 0. The molecule has 0 saturated carbocycles. The van der Waals surface area contributed by atoms with Crippen molar-refractivity contribution >= 4 is 23.4 Å². The standard InChI is InChI=1S/C10H10ClNO3/c11-10(6-12,9(14)15)8(13)7-4-2-1-3-5-7/h1-5H,6,12H2,(H,14,15). The Morgan fingerprint density at radius 3 is 2.27 bits per heavy atom. The van der Waals surface area contributed by atoms with Gasteiger partial charge in [-0.1, -0.05) is 41.9 Å². The molecule has 1 aromatic carbocycles. The molecule has 15 heavy (non-hydrogen) atoms. The molecular formula is C10H10ClNO3. The molecule has 0 aromatic heterocycles. The van der Waals surface area contributed by atoms with Crippen molar-refractivity contribution in [1.29, 1.82) is 0 Å². The number of rotatable bonds is 4. The lowest BCUT2D eigenvalue weighted by atomic mass is 9.97. The highest BCUT2D eigenvalue weighted by atomic mass is 35.5. The highest BCUT2D eigenvalue weighted by Gasteiger charge is 2.43. The lowest BCUT2D eigenvalue weighted by molar-refractivity contribution is -0.138. The summed E-state index contributed by atoms with van der Waals surface area (Å²) in [6.45, 7) is -0.447. The maximum atomic E-state index is 11.7. The van der Waals surface area contributed by atoms with Gasteiger partial charge in [0, 0.05) is 12.1 Å². The van der Waals surface area contributed by atoms with E-state index in [4.69, 9.17) is 22.4 Å². The smallest absolute Gasteiger partial charge is 0.334 e. The summed E-state index contributed by atoms with van der Waals surface area (Å²) in [4.78, 5) is 20.5. The van der Waals surface area contributed by atoms with E-state index in [1.165, 1.54) is 12.1 Å². The van der Waals surface area contributed by atoms with Gasteiger partial charge in [-0.25, -0.2) is 4.79 Å². The molecular weight excluding hydrogens is 218 g/mol. The van der Waals surface area contributed by atoms with Gasteiger partial charge in [-0.15, -0.1) is 0 Å². The fourth-order valence-corrected chi connectivity index (χ4v) is 1.20. The Morgan fingerprint density at radius 2 is 1.87 bits per heavy atom. The predicted molar refractivity (Wildman–Crippen MR) is 56.0 cm³/mol. The normalized spacial score (nSPS) is 14.3. The number of Topliss-reactive ketones (excluding diaryl/α,β-unsaturated/α-hetero) is 1. The van der Waals surface area contributed by atoms with Crippen LogP contribution in [0.1, 0.15) is 10.4 Å². The van der Waals surface area contributed by atoms with Gasteiger partial charge in [-0.05, 0) is 0 Å². The first-order valence-electron chi connectivity index (χ1n) is 4.24. The second kappa shape index (κ2) is 4.42. The minimum absolute atomic E-state index is 0.236. The zero-order valence-corrected chi connectivity index (χ0v) is 8.57. The van der Waals surface area contributed by atoms with Crippen LogP contribution in [0.3, 0.4) is 0 Å². The molecule has 5 heteroatoms. The van der Waals surface area contributed by atoms with Crippen molar-refractivity contribution in [3.05, 3.63) is 35.9 Å². The third kappa shape index (κ3) is 2.16. The van der Waals surface area contributed by atoms with Crippen molar-refractivity contribution in [3.63, 3.8) is 0 Å². The zero-order chi connectivity index (χ0) is 11.5. The lowest BCUT2D eigenvalue weighted by Crippen LogP contribution is -2.47. The number of carboxylic acids is 1. The Hall–Kier alpha value is -1.39. The lowest BCUT2D eigenvalue weighted by Gasteiger charge is -2.18. The van der Waals surface area contributed by atoms with Gasteiger partial charge in [0.1, 0.15) is 0 Å². The van der Waals surface area contributed by atoms with Gasteiger partial charge in [0.15, 0.2) is 5.78 Å². The first-order chi connectivity index (χ1) is 7.02. The van der Waals surface area contributed by atoms with Crippen LogP contribution in [0.25, 0.3) is 0 Å². The first kappa shape index (κ1) is 11.7. The quantitative estimate of drug-likeness (QED) is 0.455. The van der Waals surface area contributed by atoms with E-state index in [2.05, 4.69) is 0 Å². The maximum absolute atomic E-state index is 11.7. The molecule has 0 spiro atoms. The van der Waals surface area contributed by atoms with E-state index in [-0.39, 0.29) is 5.56 Å². The maximum Gasteiger partial charge on any atom is 0.334 e. The first-order valence-corrected chi connectivity index (χ1v) is 4.62. The molecule has 0 bridgehead atoms. The number of benzene rings is 1. The molecule has 0 heterocycles. The van der Waals surface area contributed by atoms with E-state index in [1.807, 2.05) is 0 Å². The van der Waals surface area contributed by atoms with Crippen LogP contribution in [0.5, 0.6) is 0 Å². The molecule has 3 N–H and O–H groups in total. The van der Waals surface area contributed by atoms with E-state index >= 15 is 0 Å². The van der Waals surface area contributed by atoms with Gasteiger partial charge < -0.3 is 10.8 Å². The monoisotopic (exact) mass is 227 g/mol. The molecule has 1 atom stereocenters. The van der Waals surface area contributed by atoms with Crippen LogP contribution in [0.15, 0.2) is 30.3 Å². The van der Waals surface area contributed by atoms with Crippen molar-refractivity contribution < 1.29 is 14.7 Å². The number of hydrogen-bond donors (Lipinski definition) is 2. The number of nitrogens with two attached hydrogens (primary N) is 1. The van der Waals surface area contributed by atoms with Gasteiger partial charge in [0.05, 0.1) is 0 Å². The largest absolute Gasteiger partial charge is 0.480 e. The number of carbonyl (C=O) groups is 2. The van der Waals surface area contributed by atoms with E-state index in [0.29, 0.717) is 0 Å². The number of aliphatic carboxylic acids is 1. The number of carbonyl (C=O) groups excluding carboxylic acids is 1. The van der Waals surface area contributed by atoms with Crippen LogP contribution >= 0.6 is 11.6 Å². The predicted octanol–water partition coefficient (Wildman–Crippen LogP) is 0.890. The fourth-order valence-electron chi connectivity index (χ4n) is 1.10. The average Bonchev–Trinajstić information content (AvgIpc) is 2.28. The van der Waals surface area contributed by atoms with Crippen LogP contribution in [-0.2, 0) is 4.79 Å². The molecule has 4 nitrogen and oxygen atoms in total. The number of carboxylic acid groups (broad SMARTS) is 1. The van der Waals surface area contributed by atoms with Gasteiger partial charge in [-0.3, -0.25) is 4.79 Å². The molecule has 0 amide bonds. The second-order valence-electron chi connectivity index (χ2n) is 3.01. The molecule has 0 radical (unpaired) electrons. The summed E-state index contributed by atoms with van der Waals surface area (Å²) in [5.74, 6) is -2.12. The van der Waals surface area contributed by atoms with Crippen LogP contribution in [0, 0.1) is 0 Å². The minimum Gasteiger partial charge on any atom is -0.480 e. The van der Waals surface area contributed by atoms with Crippen molar-refractivity contribution in [2.24, 2.45) is 5.73 Å². The third-order valence-corrected chi connectivity index (χ3v) is 2.50. The number of hydrogen-bond acceptors (Lipinski definition) is 3. The Balaban J connectivity index is 3.08. The van der Waals surface area contributed by atoms with E-state index in [9.17, 15) is 9.59 Å². The summed E-state index contributed by atoms with van der Waals surface area (Å²) in [5, 5.41) is 8.83. The number of ketones is 1. The zero-order valence-electron chi connectivity index (χ0n) is 7.81. The highest BCUT2D eigenvalue weighted by molar-refractivity contribution is 6.48. The summed E-state index contributed by atoms with van der Waals surface area (Å²) < 4.78 is 0. The summed E-state index contributed by atoms with van der Waals surface area (Å²) in [5.41, 5.74) is 5.45. The van der Waals surface area contributed by atoms with Crippen LogP contribution in [0.4, 0.5) is 0 Å². The van der Waals surface area contributed by atoms with Gasteiger partial charge in [0.25, 0.3) is 0 Å². The fraction of sp³-hybridized carbons (Fsp3) is 0.200. The molecule has 0 saturated heterocycles. The molecule has 1 unspecified atom stereocenters. The molecule has 0 aliphatic carbocycles. The Bertz CT molecular complexity index is 380. The van der Waals surface area contributed by atoms with Gasteiger partial charge in [-0.2, -0.15) is 0 Å². The SMILES string of the molecule is NCC(Cl)(C(=O)O)C(=O)c1ccccc1. The minimum atomic E-state index is -2.07. The van der Waals surface area contributed by atoms with Crippen LogP contribution in [0.2, 0.25) is 0 Å². The Kier molecular flexibility index (Phi) is 3.44. The summed E-state index contributed by atoms with van der Waals surface area (Å²) in [6, 6.07) is 7.97. The molecule has 0 aliphatic rings. The van der Waals surface area contributed by atoms with E-state index in [1.54, 1.807) is 18.2 Å². The molecule has 0 aliphatic heterocycles. The molecule has 80 valence electrons. The number of alkyl halides is 1. The second-order valence-corrected chi connectivity index (χ2v) is 3.65. The Labute approximate surface area is 91.7 Å². The topological polar surface area (TPSA) is 80.4 Å². The van der Waals surface area contributed by atoms with Crippen molar-refractivity contribution in [3.8, 4) is 0 Å². The molecule has 1 aromatic rings. The van der Waals surface area contributed by atoms with Gasteiger partial charge in [0.2, 0.25) is 4.87 Å². The molecule has 1 rings (SSSR count). The van der Waals surface area contributed by atoms with E-state index in [0.717, 1.165) is 0 Å². The highest BCUT2D eigenvalue weighted by Crippen LogP contribution is 2.20. The van der Waals surface area contributed by atoms with Crippen molar-refractivity contribution in [1.82, 2.24) is 0 Å². The number of halogens is 1. The summed E-state index contributed by atoms with van der Waals surface area (Å²) >= 11 is 5.67. The molecule has 0 fully saturated rings.